The van der Waals surface area contributed by atoms with Crippen molar-refractivity contribution < 1.29 is 9.85 Å². The third-order valence-corrected chi connectivity index (χ3v) is 3.33. The average molecular weight is 303 g/mol. The molecule has 1 aromatic carbocycles. The molecule has 0 fully saturated rings. The lowest BCUT2D eigenvalue weighted by atomic mass is 10.1. The van der Waals surface area contributed by atoms with Crippen LogP contribution >= 0.6 is 15.9 Å². The van der Waals surface area contributed by atoms with E-state index in [1.54, 1.807) is 0 Å². The van der Waals surface area contributed by atoms with Crippen molar-refractivity contribution in [2.45, 2.75) is 24.6 Å². The van der Waals surface area contributed by atoms with E-state index in [1.165, 1.54) is 12.1 Å². The molecule has 0 bridgehead atoms. The predicted octanol–water partition coefficient (Wildman–Crippen LogP) is 3.22. The Hall–Kier alpha value is -1.50. The van der Waals surface area contributed by atoms with Crippen LogP contribution in [0, 0.1) is 20.2 Å². The lowest BCUT2D eigenvalue weighted by Gasteiger charge is -2.07. The highest BCUT2D eigenvalue weighted by atomic mass is 79.9. The van der Waals surface area contributed by atoms with Crippen molar-refractivity contribution in [2.75, 3.05) is 0 Å². The van der Waals surface area contributed by atoms with Crippen molar-refractivity contribution in [1.82, 2.24) is 0 Å². The molecule has 17 heavy (non-hydrogen) atoms. The number of nitro groups is 2. The zero-order valence-electron chi connectivity index (χ0n) is 9.13. The van der Waals surface area contributed by atoms with Crippen LogP contribution in [0.15, 0.2) is 18.2 Å². The van der Waals surface area contributed by atoms with E-state index in [0.717, 1.165) is 12.5 Å². The summed E-state index contributed by atoms with van der Waals surface area (Å²) in [4.78, 5) is 20.3. The number of rotatable bonds is 5. The first-order valence-corrected chi connectivity index (χ1v) is 5.93. The number of hydrogen-bond acceptors (Lipinski definition) is 4. The van der Waals surface area contributed by atoms with Crippen LogP contribution in [0.5, 0.6) is 0 Å². The van der Waals surface area contributed by atoms with E-state index >= 15 is 0 Å². The van der Waals surface area contributed by atoms with Gasteiger partial charge in [-0.25, -0.2) is 0 Å². The first-order chi connectivity index (χ1) is 7.95. The molecule has 0 radical (unpaired) electrons. The highest BCUT2D eigenvalue weighted by Gasteiger charge is 2.20. The van der Waals surface area contributed by atoms with Gasteiger partial charge in [0, 0.05) is 16.5 Å². The molecule has 0 aliphatic heterocycles. The second-order valence-electron chi connectivity index (χ2n) is 3.54. The molecule has 0 saturated carbocycles. The molecule has 6 nitrogen and oxygen atoms in total. The molecule has 0 amide bonds. The van der Waals surface area contributed by atoms with E-state index in [1.807, 2.05) is 6.92 Å². The topological polar surface area (TPSA) is 86.3 Å². The van der Waals surface area contributed by atoms with E-state index in [0.29, 0.717) is 12.0 Å². The summed E-state index contributed by atoms with van der Waals surface area (Å²) in [6.45, 7) is 1.96. The molecule has 0 N–H and O–H groups in total. The van der Waals surface area contributed by atoms with Crippen molar-refractivity contribution in [3.63, 3.8) is 0 Å². The molecule has 0 saturated heterocycles. The molecular formula is C10H11BrN2O4. The molecule has 0 aliphatic carbocycles. The van der Waals surface area contributed by atoms with Crippen LogP contribution in [0.4, 0.5) is 11.4 Å². The SMILES string of the molecule is CCC(Br)Cc1ccc([N+](=O)[O-])cc1[N+](=O)[O-]. The maximum absolute atomic E-state index is 10.8. The summed E-state index contributed by atoms with van der Waals surface area (Å²) in [5.74, 6) is 0. The van der Waals surface area contributed by atoms with Crippen molar-refractivity contribution >= 4 is 27.3 Å². The van der Waals surface area contributed by atoms with Crippen LogP contribution < -0.4 is 0 Å². The summed E-state index contributed by atoms with van der Waals surface area (Å²) < 4.78 is 0. The average Bonchev–Trinajstić information content (AvgIpc) is 2.28. The molecule has 0 heterocycles. The highest BCUT2D eigenvalue weighted by Crippen LogP contribution is 2.27. The fourth-order valence-corrected chi connectivity index (χ4v) is 1.74. The fraction of sp³-hybridized carbons (Fsp3) is 0.400. The number of nitro benzene ring substituents is 2. The summed E-state index contributed by atoms with van der Waals surface area (Å²) >= 11 is 3.39. The normalized spacial score (nSPS) is 12.1. The third kappa shape index (κ3) is 3.48. The zero-order chi connectivity index (χ0) is 13.0. The molecule has 1 unspecified atom stereocenters. The Morgan fingerprint density at radius 3 is 2.41 bits per heavy atom. The Bertz CT molecular complexity index is 450. The Labute approximate surface area is 106 Å². The first kappa shape index (κ1) is 13.6. The first-order valence-electron chi connectivity index (χ1n) is 5.01. The molecule has 1 atom stereocenters. The minimum Gasteiger partial charge on any atom is -0.258 e. The van der Waals surface area contributed by atoms with Gasteiger partial charge in [-0.2, -0.15) is 0 Å². The highest BCUT2D eigenvalue weighted by molar-refractivity contribution is 9.09. The molecule has 0 aliphatic rings. The third-order valence-electron chi connectivity index (χ3n) is 2.36. The molecule has 7 heteroatoms. The Balaban J connectivity index is 3.13. The van der Waals surface area contributed by atoms with Gasteiger partial charge in [-0.3, -0.25) is 20.2 Å². The van der Waals surface area contributed by atoms with E-state index in [9.17, 15) is 20.2 Å². The van der Waals surface area contributed by atoms with Crippen LogP contribution in [0.2, 0.25) is 0 Å². The van der Waals surface area contributed by atoms with E-state index in [2.05, 4.69) is 15.9 Å². The number of benzene rings is 1. The molecule has 1 aromatic rings. The van der Waals surface area contributed by atoms with Gasteiger partial charge in [0.2, 0.25) is 0 Å². The van der Waals surface area contributed by atoms with Crippen LogP contribution in [0.25, 0.3) is 0 Å². The second kappa shape index (κ2) is 5.72. The van der Waals surface area contributed by atoms with Gasteiger partial charge in [0.1, 0.15) is 0 Å². The minimum absolute atomic E-state index is 0.127. The van der Waals surface area contributed by atoms with Gasteiger partial charge in [-0.15, -0.1) is 0 Å². The second-order valence-corrected chi connectivity index (χ2v) is 4.83. The lowest BCUT2D eigenvalue weighted by molar-refractivity contribution is -0.394. The quantitative estimate of drug-likeness (QED) is 0.475. The fourth-order valence-electron chi connectivity index (χ4n) is 1.39. The van der Waals surface area contributed by atoms with Gasteiger partial charge in [0.05, 0.1) is 15.9 Å². The maximum Gasteiger partial charge on any atom is 0.279 e. The molecule has 1 rings (SSSR count). The van der Waals surface area contributed by atoms with Crippen LogP contribution in [0.3, 0.4) is 0 Å². The van der Waals surface area contributed by atoms with Gasteiger partial charge in [-0.05, 0) is 18.9 Å². The van der Waals surface area contributed by atoms with Crippen LogP contribution in [-0.2, 0) is 6.42 Å². The van der Waals surface area contributed by atoms with Gasteiger partial charge in [0.25, 0.3) is 11.4 Å². The van der Waals surface area contributed by atoms with Crippen LogP contribution in [-0.4, -0.2) is 14.7 Å². The molecule has 0 aromatic heterocycles. The summed E-state index contributed by atoms with van der Waals surface area (Å²) in [6, 6.07) is 3.74. The van der Waals surface area contributed by atoms with Crippen molar-refractivity contribution in [3.05, 3.63) is 44.0 Å². The monoisotopic (exact) mass is 302 g/mol. The number of alkyl halides is 1. The summed E-state index contributed by atoms with van der Waals surface area (Å²) in [7, 11) is 0. The molecular weight excluding hydrogens is 292 g/mol. The summed E-state index contributed by atoms with van der Waals surface area (Å²) in [5.41, 5.74) is 0.0458. The molecule has 0 spiro atoms. The van der Waals surface area contributed by atoms with E-state index in [4.69, 9.17) is 0 Å². The Kier molecular flexibility index (Phi) is 4.56. The van der Waals surface area contributed by atoms with E-state index < -0.39 is 9.85 Å². The Morgan fingerprint density at radius 1 is 1.29 bits per heavy atom. The van der Waals surface area contributed by atoms with E-state index in [-0.39, 0.29) is 16.2 Å². The van der Waals surface area contributed by atoms with Crippen LogP contribution in [0.1, 0.15) is 18.9 Å². The smallest absolute Gasteiger partial charge is 0.258 e. The van der Waals surface area contributed by atoms with Gasteiger partial charge in [-0.1, -0.05) is 22.9 Å². The van der Waals surface area contributed by atoms with Gasteiger partial charge < -0.3 is 0 Å². The number of nitrogens with zero attached hydrogens (tertiary/aromatic N) is 2. The predicted molar refractivity (Wildman–Crippen MR) is 66.5 cm³/mol. The van der Waals surface area contributed by atoms with Crippen molar-refractivity contribution in [2.24, 2.45) is 0 Å². The molecule has 92 valence electrons. The Morgan fingerprint density at radius 2 is 1.94 bits per heavy atom. The largest absolute Gasteiger partial charge is 0.279 e. The summed E-state index contributed by atoms with van der Waals surface area (Å²) in [5, 5.41) is 21.4. The standard InChI is InChI=1S/C10H11BrN2O4/c1-2-8(11)5-7-3-4-9(12(14)15)6-10(7)13(16)17/h3-4,6,8H,2,5H2,1H3. The number of hydrogen-bond donors (Lipinski definition) is 0. The van der Waals surface area contributed by atoms with Gasteiger partial charge >= 0.3 is 0 Å². The lowest BCUT2D eigenvalue weighted by Crippen LogP contribution is -2.04. The van der Waals surface area contributed by atoms with Crippen molar-refractivity contribution in [1.29, 1.82) is 0 Å². The number of non-ortho nitro benzene ring substituents is 1. The zero-order valence-corrected chi connectivity index (χ0v) is 10.7. The maximum atomic E-state index is 10.8. The summed E-state index contributed by atoms with van der Waals surface area (Å²) in [6.07, 6.45) is 1.30. The minimum atomic E-state index is -0.637. The van der Waals surface area contributed by atoms with Gasteiger partial charge in [0.15, 0.2) is 0 Å². The van der Waals surface area contributed by atoms with Crippen molar-refractivity contribution in [3.8, 4) is 0 Å². The number of halogens is 1.